The fourth-order valence-corrected chi connectivity index (χ4v) is 3.16. The summed E-state index contributed by atoms with van der Waals surface area (Å²) in [6, 6.07) is 7.02. The van der Waals surface area contributed by atoms with Crippen LogP contribution in [-0.4, -0.2) is 14.2 Å². The van der Waals surface area contributed by atoms with Crippen LogP contribution in [-0.2, 0) is 6.54 Å². The summed E-state index contributed by atoms with van der Waals surface area (Å²) in [4.78, 5) is 24.1. The molecule has 0 unspecified atom stereocenters. The Balaban J connectivity index is 2.17. The van der Waals surface area contributed by atoms with Gasteiger partial charge in [-0.1, -0.05) is 28.0 Å². The number of hydrogen-bond acceptors (Lipinski definition) is 8. The van der Waals surface area contributed by atoms with E-state index in [-0.39, 0.29) is 17.0 Å². The van der Waals surface area contributed by atoms with Gasteiger partial charge in [0.05, 0.1) is 11.9 Å². The second kappa shape index (κ2) is 5.12. The molecule has 2 heterocycles. The molecule has 3 rings (SSSR count). The van der Waals surface area contributed by atoms with Crippen LogP contribution in [0.1, 0.15) is 5.69 Å². The van der Waals surface area contributed by atoms with Crippen LogP contribution in [0.5, 0.6) is 0 Å². The molecule has 0 spiro atoms. The highest BCUT2D eigenvalue weighted by atomic mass is 32.1. The Morgan fingerprint density at radius 2 is 2.10 bits per heavy atom. The number of nitrogen functional groups attached to an aromatic ring is 1. The van der Waals surface area contributed by atoms with Crippen molar-refractivity contribution < 1.29 is 0 Å². The summed E-state index contributed by atoms with van der Waals surface area (Å²) in [7, 11) is 0. The first kappa shape index (κ1) is 12.9. The van der Waals surface area contributed by atoms with Crippen LogP contribution in [0.25, 0.3) is 10.1 Å². The molecule has 9 heteroatoms. The molecule has 0 fully saturated rings. The standard InChI is InChI=1S/C11H9N5O2S2/c12-13-9-7(14-15-20-9)5-16-10(17)6-3-1-2-4-8(6)19-11(16)18/h1-4,13H,5,12H2. The first-order valence-corrected chi connectivity index (χ1v) is 7.20. The molecule has 0 amide bonds. The molecule has 0 aliphatic carbocycles. The number of fused-ring (bicyclic) bond motifs is 1. The minimum atomic E-state index is -0.333. The SMILES string of the molecule is NNc1snnc1Cn1c(=O)sc2ccccc2c1=O. The number of aromatic nitrogens is 3. The predicted molar refractivity (Wildman–Crippen MR) is 79.2 cm³/mol. The number of benzene rings is 1. The second-order valence-electron chi connectivity index (χ2n) is 3.95. The minimum absolute atomic E-state index is 0.0506. The summed E-state index contributed by atoms with van der Waals surface area (Å²) in [6.07, 6.45) is 0. The smallest absolute Gasteiger partial charge is 0.310 e. The van der Waals surface area contributed by atoms with Crippen molar-refractivity contribution in [1.29, 1.82) is 0 Å². The average molecular weight is 307 g/mol. The van der Waals surface area contributed by atoms with Gasteiger partial charge in [-0.05, 0) is 12.1 Å². The average Bonchev–Trinajstić information content (AvgIpc) is 2.90. The zero-order chi connectivity index (χ0) is 14.1. The Morgan fingerprint density at radius 3 is 2.90 bits per heavy atom. The van der Waals surface area contributed by atoms with E-state index in [9.17, 15) is 9.59 Å². The van der Waals surface area contributed by atoms with Crippen LogP contribution in [0.4, 0.5) is 5.00 Å². The highest BCUT2D eigenvalue weighted by Crippen LogP contribution is 2.17. The number of nitrogens with zero attached hydrogens (tertiary/aromatic N) is 3. The van der Waals surface area contributed by atoms with Crippen LogP contribution >= 0.6 is 22.9 Å². The van der Waals surface area contributed by atoms with Gasteiger partial charge in [0.2, 0.25) is 0 Å². The normalized spacial score (nSPS) is 10.8. The second-order valence-corrected chi connectivity index (χ2v) is 5.70. The lowest BCUT2D eigenvalue weighted by Gasteiger charge is -2.04. The van der Waals surface area contributed by atoms with E-state index in [4.69, 9.17) is 5.84 Å². The fourth-order valence-electron chi connectivity index (χ4n) is 1.82. The number of hydrazine groups is 1. The molecule has 0 atom stereocenters. The van der Waals surface area contributed by atoms with E-state index in [2.05, 4.69) is 15.0 Å². The van der Waals surface area contributed by atoms with Crippen molar-refractivity contribution in [2.24, 2.45) is 5.84 Å². The predicted octanol–water partition coefficient (Wildman–Crippen LogP) is 0.609. The molecular formula is C11H9N5O2S2. The topological polar surface area (TPSA) is 103 Å². The first-order chi connectivity index (χ1) is 9.70. The van der Waals surface area contributed by atoms with Crippen LogP contribution in [0.3, 0.4) is 0 Å². The summed E-state index contributed by atoms with van der Waals surface area (Å²) < 4.78 is 5.56. The van der Waals surface area contributed by atoms with Gasteiger partial charge in [-0.15, -0.1) is 5.10 Å². The van der Waals surface area contributed by atoms with E-state index in [1.54, 1.807) is 24.3 Å². The van der Waals surface area contributed by atoms with Gasteiger partial charge < -0.3 is 5.43 Å². The molecule has 1 aromatic carbocycles. The Kier molecular flexibility index (Phi) is 3.30. The van der Waals surface area contributed by atoms with Gasteiger partial charge in [0.1, 0.15) is 10.7 Å². The molecule has 102 valence electrons. The maximum Gasteiger partial charge on any atom is 0.310 e. The lowest BCUT2D eigenvalue weighted by atomic mass is 10.3. The monoisotopic (exact) mass is 307 g/mol. The number of rotatable bonds is 3. The van der Waals surface area contributed by atoms with Gasteiger partial charge in [-0.25, -0.2) is 5.84 Å². The number of nitrogens with two attached hydrogens (primary N) is 1. The highest BCUT2D eigenvalue weighted by molar-refractivity contribution is 7.16. The number of nitrogens with one attached hydrogen (secondary N) is 1. The number of hydrogen-bond donors (Lipinski definition) is 2. The van der Waals surface area contributed by atoms with E-state index in [0.717, 1.165) is 27.4 Å². The van der Waals surface area contributed by atoms with Crippen molar-refractivity contribution >= 4 is 38.0 Å². The van der Waals surface area contributed by atoms with Gasteiger partial charge >= 0.3 is 4.87 Å². The maximum atomic E-state index is 12.3. The van der Waals surface area contributed by atoms with E-state index >= 15 is 0 Å². The van der Waals surface area contributed by atoms with Crippen molar-refractivity contribution in [1.82, 2.24) is 14.2 Å². The summed E-state index contributed by atoms with van der Waals surface area (Å²) >= 11 is 2.10. The third-order valence-electron chi connectivity index (χ3n) is 2.78. The third kappa shape index (κ3) is 2.11. The van der Waals surface area contributed by atoms with Crippen molar-refractivity contribution in [2.75, 3.05) is 5.43 Å². The van der Waals surface area contributed by atoms with Gasteiger partial charge in [0, 0.05) is 16.2 Å². The van der Waals surface area contributed by atoms with E-state index in [0.29, 0.717) is 20.8 Å². The lowest BCUT2D eigenvalue weighted by Crippen LogP contribution is -2.31. The molecule has 2 aromatic heterocycles. The van der Waals surface area contributed by atoms with Crippen molar-refractivity contribution in [3.8, 4) is 0 Å². The molecule has 0 aliphatic rings. The maximum absolute atomic E-state index is 12.3. The molecule has 0 aliphatic heterocycles. The Labute approximate surface area is 120 Å². The van der Waals surface area contributed by atoms with Crippen molar-refractivity contribution in [2.45, 2.75) is 6.54 Å². The molecule has 0 saturated heterocycles. The minimum Gasteiger partial charge on any atom is -0.313 e. The summed E-state index contributed by atoms with van der Waals surface area (Å²) in [5, 5.41) is 4.93. The Hall–Kier alpha value is -2.10. The summed E-state index contributed by atoms with van der Waals surface area (Å²) in [5.74, 6) is 5.33. The molecular weight excluding hydrogens is 298 g/mol. The van der Waals surface area contributed by atoms with Crippen LogP contribution < -0.4 is 21.7 Å². The molecule has 7 nitrogen and oxygen atoms in total. The molecule has 0 saturated carbocycles. The van der Waals surface area contributed by atoms with E-state index in [1.165, 1.54) is 0 Å². The number of anilines is 1. The van der Waals surface area contributed by atoms with Crippen LogP contribution in [0, 0.1) is 0 Å². The summed E-state index contributed by atoms with van der Waals surface area (Å²) in [6.45, 7) is 0.0506. The Morgan fingerprint density at radius 1 is 1.30 bits per heavy atom. The van der Waals surface area contributed by atoms with Gasteiger partial charge in [0.15, 0.2) is 0 Å². The van der Waals surface area contributed by atoms with Gasteiger partial charge in [-0.2, -0.15) is 0 Å². The van der Waals surface area contributed by atoms with Crippen LogP contribution in [0.2, 0.25) is 0 Å². The quantitative estimate of drug-likeness (QED) is 0.543. The zero-order valence-corrected chi connectivity index (χ0v) is 11.7. The first-order valence-electron chi connectivity index (χ1n) is 5.61. The molecule has 20 heavy (non-hydrogen) atoms. The molecule has 3 aromatic rings. The highest BCUT2D eigenvalue weighted by Gasteiger charge is 2.12. The van der Waals surface area contributed by atoms with E-state index in [1.807, 2.05) is 0 Å². The zero-order valence-electron chi connectivity index (χ0n) is 10.1. The van der Waals surface area contributed by atoms with Crippen molar-refractivity contribution in [3.05, 3.63) is 50.0 Å². The fraction of sp³-hybridized carbons (Fsp3) is 0.0909. The molecule has 0 radical (unpaired) electrons. The third-order valence-corrected chi connectivity index (χ3v) is 4.45. The molecule has 0 bridgehead atoms. The van der Waals surface area contributed by atoms with Gasteiger partial charge in [-0.3, -0.25) is 14.2 Å². The van der Waals surface area contributed by atoms with Gasteiger partial charge in [0.25, 0.3) is 5.56 Å². The summed E-state index contributed by atoms with van der Waals surface area (Å²) in [5.41, 5.74) is 2.59. The van der Waals surface area contributed by atoms with E-state index < -0.39 is 0 Å². The van der Waals surface area contributed by atoms with Crippen LogP contribution in [0.15, 0.2) is 33.9 Å². The molecule has 3 N–H and O–H groups in total. The Bertz CT molecular complexity index is 882. The lowest BCUT2D eigenvalue weighted by molar-refractivity contribution is 0.730. The largest absolute Gasteiger partial charge is 0.313 e. The van der Waals surface area contributed by atoms with Crippen molar-refractivity contribution in [3.63, 3.8) is 0 Å².